The molecule has 4 amide bonds. The molecule has 0 aliphatic carbocycles. The number of hydrogen-bond acceptors (Lipinski definition) is 7. The van der Waals surface area contributed by atoms with Crippen molar-refractivity contribution >= 4 is 40.6 Å². The van der Waals surface area contributed by atoms with Crippen molar-refractivity contribution < 1.29 is 33.4 Å². The first kappa shape index (κ1) is 42.2. The van der Waals surface area contributed by atoms with Gasteiger partial charge in [0.15, 0.2) is 0 Å². The summed E-state index contributed by atoms with van der Waals surface area (Å²) in [5.41, 5.74) is -0.673. The molecule has 0 fully saturated rings. The minimum absolute atomic E-state index is 0.0293. The lowest BCUT2D eigenvalue weighted by Crippen LogP contribution is -2.57. The molecule has 0 aromatic heterocycles. The lowest BCUT2D eigenvalue weighted by Gasteiger charge is -2.35. The number of nitrogens with zero attached hydrogens (tertiary/aromatic N) is 2. The van der Waals surface area contributed by atoms with Crippen molar-refractivity contribution in [1.29, 1.82) is 0 Å². The average Bonchev–Trinajstić information content (AvgIpc) is 3.06. The largest absolute Gasteiger partial charge is 0.458 e. The number of alkyl carbamates (subject to hydrolysis) is 1. The highest BCUT2D eigenvalue weighted by molar-refractivity contribution is 5.95. The first-order valence-corrected chi connectivity index (χ1v) is 17.9. The van der Waals surface area contributed by atoms with Crippen molar-refractivity contribution in [2.24, 2.45) is 0 Å². The van der Waals surface area contributed by atoms with Gasteiger partial charge in [0.2, 0.25) is 17.7 Å². The number of esters is 1. The second-order valence-electron chi connectivity index (χ2n) is 15.7. The summed E-state index contributed by atoms with van der Waals surface area (Å²) in [6.45, 7) is 13.7. The van der Waals surface area contributed by atoms with Crippen molar-refractivity contribution in [3.63, 3.8) is 0 Å². The Balaban J connectivity index is 1.92. The Kier molecular flexibility index (Phi) is 14.4. The van der Waals surface area contributed by atoms with E-state index in [1.807, 2.05) is 86.6 Å². The highest BCUT2D eigenvalue weighted by atomic mass is 16.6. The number of amides is 4. The molecule has 2 N–H and O–H groups in total. The summed E-state index contributed by atoms with van der Waals surface area (Å²) in [5.74, 6) is -1.75. The predicted octanol–water partition coefficient (Wildman–Crippen LogP) is 5.99. The zero-order valence-corrected chi connectivity index (χ0v) is 32.8. The summed E-state index contributed by atoms with van der Waals surface area (Å²) in [6.07, 6.45) is 3.21. The van der Waals surface area contributed by atoms with E-state index >= 15 is 0 Å². The first-order valence-electron chi connectivity index (χ1n) is 17.9. The van der Waals surface area contributed by atoms with Gasteiger partial charge in [0.25, 0.3) is 0 Å². The van der Waals surface area contributed by atoms with E-state index in [0.29, 0.717) is 6.42 Å². The summed E-state index contributed by atoms with van der Waals surface area (Å²) in [4.78, 5) is 69.0. The standard InChI is InChI=1S/C42H56N4O7/c1-29(47)52-42(7,8)28-43-37(49)34(26-30-17-12-11-13-18-30)46(10)38(50)35(27-31-22-23-32-19-14-15-20-33(32)25-31)45(9)36(48)21-16-24-41(5,6)44-39(51)53-40(2,3)4/h11-23,25,34-35H,24,26-28H2,1-10H3,(H,43,49)(H,44,51)/b21-16+. The maximum atomic E-state index is 14.6. The molecule has 0 aliphatic heterocycles. The number of fused-ring (bicyclic) bond motifs is 1. The van der Waals surface area contributed by atoms with Crippen LogP contribution in [-0.2, 0) is 41.5 Å². The Bertz CT molecular complexity index is 1780. The van der Waals surface area contributed by atoms with Crippen molar-refractivity contribution in [3.05, 3.63) is 96.1 Å². The van der Waals surface area contributed by atoms with Crippen LogP contribution in [0.3, 0.4) is 0 Å². The van der Waals surface area contributed by atoms with Gasteiger partial charge in [0, 0.05) is 39.4 Å². The van der Waals surface area contributed by atoms with Crippen molar-refractivity contribution in [3.8, 4) is 0 Å². The van der Waals surface area contributed by atoms with Gasteiger partial charge in [-0.3, -0.25) is 19.2 Å². The average molecular weight is 729 g/mol. The van der Waals surface area contributed by atoms with E-state index in [4.69, 9.17) is 9.47 Å². The number of rotatable bonds is 15. The number of nitrogens with one attached hydrogen (secondary N) is 2. The second-order valence-corrected chi connectivity index (χ2v) is 15.7. The third kappa shape index (κ3) is 13.7. The van der Waals surface area contributed by atoms with Crippen LogP contribution in [0.2, 0.25) is 0 Å². The molecule has 3 aromatic carbocycles. The van der Waals surface area contributed by atoms with Crippen LogP contribution in [0.1, 0.15) is 72.9 Å². The smallest absolute Gasteiger partial charge is 0.408 e. The highest BCUT2D eigenvalue weighted by Crippen LogP contribution is 2.21. The Morgan fingerprint density at radius 3 is 1.96 bits per heavy atom. The zero-order chi connectivity index (χ0) is 39.6. The minimum Gasteiger partial charge on any atom is -0.458 e. The molecule has 2 unspecified atom stereocenters. The Hall–Kier alpha value is -5.19. The van der Waals surface area contributed by atoms with E-state index in [1.165, 1.54) is 22.8 Å². The van der Waals surface area contributed by atoms with Crippen LogP contribution in [-0.4, -0.2) is 89.0 Å². The molecule has 2 atom stereocenters. The number of hydrogen-bond donors (Lipinski definition) is 2. The SMILES string of the molecule is CC(=O)OC(C)(C)CNC(=O)C(Cc1ccccc1)N(C)C(=O)C(Cc1ccc2ccccc2c1)N(C)C(=O)/C=C/CC(C)(C)NC(=O)OC(C)(C)C. The molecule has 3 rings (SSSR count). The zero-order valence-electron chi connectivity index (χ0n) is 32.8. The number of carbonyl (C=O) groups excluding carboxylic acids is 5. The molecule has 3 aromatic rings. The maximum absolute atomic E-state index is 14.6. The molecule has 0 saturated carbocycles. The van der Waals surface area contributed by atoms with Crippen LogP contribution >= 0.6 is 0 Å². The van der Waals surface area contributed by atoms with E-state index in [1.54, 1.807) is 54.8 Å². The number of carbonyl (C=O) groups is 5. The molecule has 11 nitrogen and oxygen atoms in total. The summed E-state index contributed by atoms with van der Waals surface area (Å²) in [7, 11) is 3.14. The molecule has 0 radical (unpaired) electrons. The summed E-state index contributed by atoms with van der Waals surface area (Å²) < 4.78 is 10.7. The van der Waals surface area contributed by atoms with Crippen LogP contribution in [0, 0.1) is 0 Å². The number of ether oxygens (including phenoxy) is 2. The fourth-order valence-corrected chi connectivity index (χ4v) is 5.81. The Morgan fingerprint density at radius 2 is 1.34 bits per heavy atom. The van der Waals surface area contributed by atoms with E-state index < -0.39 is 58.6 Å². The third-order valence-corrected chi connectivity index (χ3v) is 8.57. The maximum Gasteiger partial charge on any atom is 0.408 e. The fraction of sp³-hybridized carbons (Fsp3) is 0.452. The summed E-state index contributed by atoms with van der Waals surface area (Å²) >= 11 is 0. The van der Waals surface area contributed by atoms with Gasteiger partial charge in [-0.15, -0.1) is 0 Å². The van der Waals surface area contributed by atoms with Crippen LogP contribution in [0.25, 0.3) is 10.8 Å². The molecule has 0 heterocycles. The number of benzene rings is 3. The van der Waals surface area contributed by atoms with Gasteiger partial charge in [-0.25, -0.2) is 4.79 Å². The summed E-state index contributed by atoms with van der Waals surface area (Å²) in [6, 6.07) is 21.2. The predicted molar refractivity (Wildman–Crippen MR) is 207 cm³/mol. The van der Waals surface area contributed by atoms with Crippen molar-refractivity contribution in [2.45, 2.75) is 103 Å². The highest BCUT2D eigenvalue weighted by Gasteiger charge is 2.36. The van der Waals surface area contributed by atoms with Gasteiger partial charge in [-0.2, -0.15) is 0 Å². The van der Waals surface area contributed by atoms with Crippen LogP contribution in [0.4, 0.5) is 4.79 Å². The molecule has 0 aliphatic rings. The van der Waals surface area contributed by atoms with Gasteiger partial charge in [0.05, 0.1) is 6.54 Å². The molecule has 0 bridgehead atoms. The molecule has 53 heavy (non-hydrogen) atoms. The normalized spacial score (nSPS) is 13.2. The van der Waals surface area contributed by atoms with Crippen molar-refractivity contribution in [1.82, 2.24) is 20.4 Å². The molecule has 0 saturated heterocycles. The Labute approximate surface area is 314 Å². The van der Waals surface area contributed by atoms with Gasteiger partial charge in [-0.05, 0) is 82.9 Å². The monoisotopic (exact) mass is 728 g/mol. The van der Waals surface area contributed by atoms with Crippen LogP contribution in [0.15, 0.2) is 84.9 Å². The van der Waals surface area contributed by atoms with Crippen LogP contribution < -0.4 is 10.6 Å². The van der Waals surface area contributed by atoms with Gasteiger partial charge >= 0.3 is 12.1 Å². The first-order chi connectivity index (χ1) is 24.7. The number of likely N-dealkylation sites (N-methyl/N-ethyl adjacent to an activating group) is 2. The van der Waals surface area contributed by atoms with Gasteiger partial charge in [0.1, 0.15) is 23.3 Å². The molecular formula is C42H56N4O7. The molecule has 286 valence electrons. The van der Waals surface area contributed by atoms with E-state index in [9.17, 15) is 24.0 Å². The lowest BCUT2D eigenvalue weighted by molar-refractivity contribution is -0.154. The lowest BCUT2D eigenvalue weighted by atomic mass is 9.98. The molecule has 0 spiro atoms. The van der Waals surface area contributed by atoms with E-state index in [0.717, 1.165) is 21.9 Å². The second kappa shape index (κ2) is 18.0. The van der Waals surface area contributed by atoms with Crippen molar-refractivity contribution in [2.75, 3.05) is 20.6 Å². The Morgan fingerprint density at radius 1 is 0.736 bits per heavy atom. The fourth-order valence-electron chi connectivity index (χ4n) is 5.81. The summed E-state index contributed by atoms with van der Waals surface area (Å²) in [5, 5.41) is 7.74. The van der Waals surface area contributed by atoms with Gasteiger partial charge in [-0.1, -0.05) is 78.9 Å². The topological polar surface area (TPSA) is 134 Å². The van der Waals surface area contributed by atoms with Gasteiger partial charge < -0.3 is 29.9 Å². The van der Waals surface area contributed by atoms with E-state index in [2.05, 4.69) is 10.6 Å². The molecule has 11 heteroatoms. The quantitative estimate of drug-likeness (QED) is 0.145. The third-order valence-electron chi connectivity index (χ3n) is 8.57. The van der Waals surface area contributed by atoms with E-state index in [-0.39, 0.29) is 19.4 Å². The van der Waals surface area contributed by atoms with Crippen LogP contribution in [0.5, 0.6) is 0 Å². The minimum atomic E-state index is -0.977. The molecular weight excluding hydrogens is 672 g/mol.